The molecule has 0 N–H and O–H groups in total. The zero-order chi connectivity index (χ0) is 21.1. The number of aryl methyl sites for hydroxylation is 3. The lowest BCUT2D eigenvalue weighted by Crippen LogP contribution is -2.32. The summed E-state index contributed by atoms with van der Waals surface area (Å²) in [5.74, 6) is -0.558. The van der Waals surface area contributed by atoms with Crippen LogP contribution in [0, 0.1) is 20.8 Å². The van der Waals surface area contributed by atoms with Gasteiger partial charge in [0.05, 0.1) is 12.0 Å². The fourth-order valence-corrected chi connectivity index (χ4v) is 5.14. The molecule has 0 aliphatic carbocycles. The van der Waals surface area contributed by atoms with Gasteiger partial charge in [-0.05, 0) is 61.9 Å². The molecule has 0 atom stereocenters. The maximum Gasteiger partial charge on any atom is 0.325 e. The van der Waals surface area contributed by atoms with Crippen LogP contribution in [0.25, 0.3) is 0 Å². The molecule has 28 heavy (non-hydrogen) atoms. The van der Waals surface area contributed by atoms with E-state index in [-0.39, 0.29) is 17.9 Å². The number of esters is 1. The molecule has 0 saturated heterocycles. The lowest BCUT2D eigenvalue weighted by Gasteiger charge is -2.32. The third-order valence-corrected chi connectivity index (χ3v) is 7.22. The van der Waals surface area contributed by atoms with Crippen molar-refractivity contribution in [1.82, 2.24) is 4.90 Å². The summed E-state index contributed by atoms with van der Waals surface area (Å²) in [5, 5.41) is 0. The third-order valence-electron chi connectivity index (χ3n) is 5.79. The molecule has 2 aromatic rings. The smallest absolute Gasteiger partial charge is 0.325 e. The highest BCUT2D eigenvalue weighted by molar-refractivity contribution is 7.14. The molecule has 1 aromatic heterocycles. The highest BCUT2D eigenvalue weighted by Crippen LogP contribution is 2.43. The quantitative estimate of drug-likeness (QED) is 0.612. The molecule has 1 heterocycles. The van der Waals surface area contributed by atoms with Crippen molar-refractivity contribution in [3.05, 3.63) is 56.3 Å². The van der Waals surface area contributed by atoms with E-state index >= 15 is 0 Å². The van der Waals surface area contributed by atoms with Crippen LogP contribution >= 0.6 is 11.3 Å². The van der Waals surface area contributed by atoms with Gasteiger partial charge in [-0.15, -0.1) is 11.3 Å². The van der Waals surface area contributed by atoms with E-state index in [0.717, 1.165) is 18.4 Å². The van der Waals surface area contributed by atoms with E-state index in [0.29, 0.717) is 4.88 Å². The molecule has 0 aliphatic heterocycles. The fraction of sp³-hybridized carbons (Fsp3) is 0.478. The predicted octanol–water partition coefficient (Wildman–Crippen LogP) is 5.02. The minimum Gasteiger partial charge on any atom is -0.468 e. The normalized spacial score (nSPS) is 11.4. The Morgan fingerprint density at radius 2 is 1.68 bits per heavy atom. The number of carbonyl (C=O) groups is 2. The Kier molecular flexibility index (Phi) is 7.05. The van der Waals surface area contributed by atoms with Gasteiger partial charge in [0.15, 0.2) is 0 Å². The number of hydrogen-bond donors (Lipinski definition) is 0. The molecule has 0 saturated carbocycles. The van der Waals surface area contributed by atoms with Gasteiger partial charge in [-0.3, -0.25) is 9.59 Å². The average Bonchev–Trinajstić information content (AvgIpc) is 3.07. The number of methoxy groups -OCH3 is 1. The number of thiophene rings is 1. The Bertz CT molecular complexity index is 865. The van der Waals surface area contributed by atoms with Gasteiger partial charge >= 0.3 is 5.97 Å². The topological polar surface area (TPSA) is 46.6 Å². The molecule has 0 aliphatic rings. The third kappa shape index (κ3) is 4.14. The first-order valence-corrected chi connectivity index (χ1v) is 10.5. The highest BCUT2D eigenvalue weighted by Gasteiger charge is 2.34. The number of benzene rings is 1. The second kappa shape index (κ2) is 8.91. The second-order valence-electron chi connectivity index (χ2n) is 7.45. The van der Waals surface area contributed by atoms with E-state index in [2.05, 4.69) is 56.7 Å². The summed E-state index contributed by atoms with van der Waals surface area (Å²) in [6, 6.07) is 8.82. The second-order valence-corrected chi connectivity index (χ2v) is 8.50. The Labute approximate surface area is 172 Å². The molecule has 0 bridgehead atoms. The van der Waals surface area contributed by atoms with Crippen molar-refractivity contribution >= 4 is 23.2 Å². The summed E-state index contributed by atoms with van der Waals surface area (Å²) < 4.78 is 4.68. The summed E-state index contributed by atoms with van der Waals surface area (Å²) in [7, 11) is 2.96. The lowest BCUT2D eigenvalue weighted by atomic mass is 9.74. The van der Waals surface area contributed by atoms with Crippen molar-refractivity contribution < 1.29 is 14.3 Å². The van der Waals surface area contributed by atoms with Crippen LogP contribution in [0.3, 0.4) is 0 Å². The monoisotopic (exact) mass is 401 g/mol. The number of rotatable bonds is 7. The molecule has 4 nitrogen and oxygen atoms in total. The number of amides is 1. The molecule has 1 amide bonds. The molecular formula is C23H31NO3S. The van der Waals surface area contributed by atoms with E-state index in [4.69, 9.17) is 0 Å². The van der Waals surface area contributed by atoms with Crippen molar-refractivity contribution in [2.24, 2.45) is 0 Å². The van der Waals surface area contributed by atoms with Gasteiger partial charge in [-0.2, -0.15) is 0 Å². The van der Waals surface area contributed by atoms with Crippen molar-refractivity contribution in [3.8, 4) is 0 Å². The molecule has 152 valence electrons. The first-order chi connectivity index (χ1) is 13.2. The van der Waals surface area contributed by atoms with E-state index in [1.54, 1.807) is 18.4 Å². The molecule has 1 aromatic carbocycles. The zero-order valence-corrected chi connectivity index (χ0v) is 18.8. The molecule has 0 fully saturated rings. The van der Waals surface area contributed by atoms with Crippen LogP contribution in [0.15, 0.2) is 24.3 Å². The van der Waals surface area contributed by atoms with E-state index in [1.807, 2.05) is 6.92 Å². The number of nitrogens with zero attached hydrogens (tertiary/aromatic N) is 1. The van der Waals surface area contributed by atoms with E-state index in [9.17, 15) is 9.59 Å². The molecule has 2 rings (SSSR count). The van der Waals surface area contributed by atoms with Crippen LogP contribution in [-0.2, 0) is 14.9 Å². The van der Waals surface area contributed by atoms with E-state index in [1.165, 1.54) is 33.6 Å². The van der Waals surface area contributed by atoms with Crippen LogP contribution in [0.4, 0.5) is 0 Å². The molecule has 5 heteroatoms. The number of ether oxygens (including phenoxy) is 1. The summed E-state index contributed by atoms with van der Waals surface area (Å²) in [6.45, 7) is 10.6. The van der Waals surface area contributed by atoms with Crippen LogP contribution in [-0.4, -0.2) is 37.5 Å². The van der Waals surface area contributed by atoms with Crippen molar-refractivity contribution in [2.75, 3.05) is 20.7 Å². The largest absolute Gasteiger partial charge is 0.468 e. The van der Waals surface area contributed by atoms with Crippen LogP contribution < -0.4 is 0 Å². The standard InChI is InChI=1S/C23H31NO3S/c1-8-23(9-2,18-11-10-15(3)16(4)12-18)19-13-17(5)21(28-19)22(26)24(6)14-20(25)27-7/h10-13H,8-9,14H2,1-7H3. The Hall–Kier alpha value is -2.14. The summed E-state index contributed by atoms with van der Waals surface area (Å²) in [4.78, 5) is 27.7. The van der Waals surface area contributed by atoms with Crippen LogP contribution in [0.1, 0.15) is 63.5 Å². The van der Waals surface area contributed by atoms with Gasteiger partial charge in [0.25, 0.3) is 5.91 Å². The summed E-state index contributed by atoms with van der Waals surface area (Å²) >= 11 is 1.55. The fourth-order valence-electron chi connectivity index (χ4n) is 3.62. The van der Waals surface area contributed by atoms with Gasteiger partial charge in [-0.1, -0.05) is 32.0 Å². The molecular weight excluding hydrogens is 370 g/mol. The highest BCUT2D eigenvalue weighted by atomic mass is 32.1. The molecule has 0 unspecified atom stereocenters. The molecule has 0 spiro atoms. The minimum atomic E-state index is -0.420. The van der Waals surface area contributed by atoms with Gasteiger partial charge in [-0.25, -0.2) is 0 Å². The van der Waals surface area contributed by atoms with Crippen molar-refractivity contribution in [2.45, 2.75) is 52.9 Å². The van der Waals surface area contributed by atoms with Crippen LogP contribution in [0.5, 0.6) is 0 Å². The summed E-state index contributed by atoms with van der Waals surface area (Å²) in [6.07, 6.45) is 1.91. The summed E-state index contributed by atoms with van der Waals surface area (Å²) in [5.41, 5.74) is 4.70. The van der Waals surface area contributed by atoms with Gasteiger partial charge in [0.2, 0.25) is 0 Å². The predicted molar refractivity (Wildman–Crippen MR) is 115 cm³/mol. The first-order valence-electron chi connectivity index (χ1n) is 9.71. The van der Waals surface area contributed by atoms with E-state index < -0.39 is 5.97 Å². The van der Waals surface area contributed by atoms with Crippen LogP contribution in [0.2, 0.25) is 0 Å². The van der Waals surface area contributed by atoms with Crippen molar-refractivity contribution in [3.63, 3.8) is 0 Å². The van der Waals surface area contributed by atoms with Crippen molar-refractivity contribution in [1.29, 1.82) is 0 Å². The first kappa shape index (κ1) is 22.2. The Balaban J connectivity index is 2.47. The molecule has 0 radical (unpaired) electrons. The van der Waals surface area contributed by atoms with Gasteiger partial charge in [0.1, 0.15) is 6.54 Å². The number of likely N-dealkylation sites (N-methyl/N-ethyl adjacent to an activating group) is 1. The maximum absolute atomic E-state index is 12.9. The minimum absolute atomic E-state index is 0.0497. The van der Waals surface area contributed by atoms with Gasteiger partial charge < -0.3 is 9.64 Å². The lowest BCUT2D eigenvalue weighted by molar-refractivity contribution is -0.141. The Morgan fingerprint density at radius 1 is 1.04 bits per heavy atom. The SMILES string of the molecule is CCC(CC)(c1ccc(C)c(C)c1)c1cc(C)c(C(=O)N(C)CC(=O)OC)s1. The number of carbonyl (C=O) groups excluding carboxylic acids is 2. The Morgan fingerprint density at radius 3 is 2.21 bits per heavy atom. The zero-order valence-electron chi connectivity index (χ0n) is 18.0. The average molecular weight is 402 g/mol. The van der Waals surface area contributed by atoms with Gasteiger partial charge in [0, 0.05) is 17.3 Å². The number of hydrogen-bond acceptors (Lipinski definition) is 4. The maximum atomic E-state index is 12.9.